The lowest BCUT2D eigenvalue weighted by atomic mass is 10.5. The van der Waals surface area contributed by atoms with Gasteiger partial charge in [-0.25, -0.2) is 0 Å². The monoisotopic (exact) mass is 158 g/mol. The van der Waals surface area contributed by atoms with Crippen LogP contribution in [-0.4, -0.2) is 29.7 Å². The van der Waals surface area contributed by atoms with Crippen molar-refractivity contribution in [3.05, 3.63) is 11.8 Å². The Kier molecular flexibility index (Phi) is 6.90. The Bertz CT molecular complexity index is 89.6. The lowest BCUT2D eigenvalue weighted by molar-refractivity contribution is -0.0430. The molecule has 0 unspecified atom stereocenters. The average Bonchev–Trinajstić information content (AvgIpc) is 1.99. The van der Waals surface area contributed by atoms with Crippen molar-refractivity contribution in [1.29, 1.82) is 0 Å². The van der Waals surface area contributed by atoms with Crippen molar-refractivity contribution in [2.45, 2.75) is 19.3 Å². The molecule has 0 fully saturated rings. The van der Waals surface area contributed by atoms with Gasteiger partial charge in [0, 0.05) is 14.2 Å². The standard InChI is InChI=1S/C7H14O2Si/c1-4-5-6-10-7(8-2)9-3/h5-7H,4H2,1-3H3. The maximum absolute atomic E-state index is 4.98. The van der Waals surface area contributed by atoms with Gasteiger partial charge in [0.1, 0.15) is 15.4 Å². The Morgan fingerprint density at radius 3 is 2.40 bits per heavy atom. The van der Waals surface area contributed by atoms with E-state index in [0.29, 0.717) is 9.52 Å². The lowest BCUT2D eigenvalue weighted by Gasteiger charge is -2.08. The van der Waals surface area contributed by atoms with Crippen molar-refractivity contribution in [1.82, 2.24) is 0 Å². The van der Waals surface area contributed by atoms with Crippen molar-refractivity contribution in [2.75, 3.05) is 14.2 Å². The van der Waals surface area contributed by atoms with E-state index in [2.05, 4.69) is 18.7 Å². The normalized spacial score (nSPS) is 11.6. The van der Waals surface area contributed by atoms with Crippen molar-refractivity contribution < 1.29 is 9.47 Å². The Hall–Kier alpha value is -0.123. The van der Waals surface area contributed by atoms with Gasteiger partial charge in [0.05, 0.1) is 0 Å². The fraction of sp³-hybridized carbons (Fsp3) is 0.714. The molecule has 0 aromatic rings. The van der Waals surface area contributed by atoms with Gasteiger partial charge in [0.25, 0.3) is 0 Å². The minimum absolute atomic E-state index is 0.0530. The summed E-state index contributed by atoms with van der Waals surface area (Å²) < 4.78 is 9.97. The molecule has 3 heteroatoms. The minimum atomic E-state index is -0.0530. The molecule has 0 bridgehead atoms. The summed E-state index contributed by atoms with van der Waals surface area (Å²) in [5.41, 5.74) is 2.09. The zero-order valence-electron chi connectivity index (χ0n) is 6.76. The average molecular weight is 158 g/mol. The number of methoxy groups -OCH3 is 2. The van der Waals surface area contributed by atoms with Crippen LogP contribution < -0.4 is 0 Å². The summed E-state index contributed by atoms with van der Waals surface area (Å²) in [6.45, 7) is 2.11. The molecule has 0 saturated heterocycles. The topological polar surface area (TPSA) is 18.5 Å². The van der Waals surface area contributed by atoms with Gasteiger partial charge in [-0.1, -0.05) is 18.7 Å². The highest BCUT2D eigenvalue weighted by molar-refractivity contribution is 6.43. The molecule has 0 atom stereocenters. The molecule has 0 aromatic carbocycles. The predicted octanol–water partition coefficient (Wildman–Crippen LogP) is 1.19. The summed E-state index contributed by atoms with van der Waals surface area (Å²) in [6.07, 6.45) is 3.19. The van der Waals surface area contributed by atoms with E-state index in [1.54, 1.807) is 14.2 Å². The summed E-state index contributed by atoms with van der Waals surface area (Å²) in [5, 5.41) is 0. The summed E-state index contributed by atoms with van der Waals surface area (Å²) >= 11 is 0. The molecule has 0 N–H and O–H groups in total. The Labute approximate surface area is 65.0 Å². The second kappa shape index (κ2) is 6.99. The molecule has 10 heavy (non-hydrogen) atoms. The van der Waals surface area contributed by atoms with Crippen molar-refractivity contribution in [2.24, 2.45) is 0 Å². The van der Waals surface area contributed by atoms with Crippen molar-refractivity contribution in [3.8, 4) is 0 Å². The molecule has 0 saturated carbocycles. The van der Waals surface area contributed by atoms with Gasteiger partial charge < -0.3 is 9.47 Å². The summed E-state index contributed by atoms with van der Waals surface area (Å²) in [5.74, 6) is -0.0530. The second-order valence-electron chi connectivity index (χ2n) is 1.78. The molecule has 0 heterocycles. The zero-order chi connectivity index (χ0) is 7.82. The largest absolute Gasteiger partial charge is 0.360 e. The molecule has 58 valence electrons. The molecule has 2 radical (unpaired) electrons. The molecule has 0 aliphatic rings. The van der Waals surface area contributed by atoms with Crippen LogP contribution in [0.15, 0.2) is 11.8 Å². The van der Waals surface area contributed by atoms with Gasteiger partial charge in [-0.05, 0) is 6.42 Å². The second-order valence-corrected chi connectivity index (χ2v) is 2.92. The Morgan fingerprint density at radius 2 is 2.00 bits per heavy atom. The smallest absolute Gasteiger partial charge is 0.147 e. The van der Waals surface area contributed by atoms with Crippen LogP contribution in [-0.2, 0) is 9.47 Å². The van der Waals surface area contributed by atoms with Crippen LogP contribution >= 0.6 is 0 Å². The molecule has 0 aliphatic carbocycles. The molecule has 0 aliphatic heterocycles. The highest BCUT2D eigenvalue weighted by atomic mass is 28.2. The fourth-order valence-corrected chi connectivity index (χ4v) is 1.30. The highest BCUT2D eigenvalue weighted by Gasteiger charge is 2.00. The summed E-state index contributed by atoms with van der Waals surface area (Å²) in [4.78, 5) is 0. The number of rotatable bonds is 5. The first-order chi connectivity index (χ1) is 4.85. The van der Waals surface area contributed by atoms with Crippen molar-refractivity contribution in [3.63, 3.8) is 0 Å². The molecule has 0 spiro atoms. The fourth-order valence-electron chi connectivity index (χ4n) is 0.497. The van der Waals surface area contributed by atoms with Crippen LogP contribution in [0.3, 0.4) is 0 Å². The van der Waals surface area contributed by atoms with E-state index < -0.39 is 0 Å². The minimum Gasteiger partial charge on any atom is -0.360 e. The molecule has 0 amide bonds. The van der Waals surface area contributed by atoms with Crippen molar-refractivity contribution >= 4 is 9.52 Å². The number of allylic oxidation sites excluding steroid dienone is 1. The van der Waals surface area contributed by atoms with Crippen LogP contribution in [0.2, 0.25) is 0 Å². The van der Waals surface area contributed by atoms with E-state index >= 15 is 0 Å². The van der Waals surface area contributed by atoms with E-state index in [1.165, 1.54) is 0 Å². The number of hydrogen-bond donors (Lipinski definition) is 0. The van der Waals surface area contributed by atoms with E-state index in [-0.39, 0.29) is 5.91 Å². The van der Waals surface area contributed by atoms with Gasteiger partial charge in [-0.3, -0.25) is 0 Å². The van der Waals surface area contributed by atoms with Gasteiger partial charge in [0.15, 0.2) is 0 Å². The first kappa shape index (κ1) is 9.88. The van der Waals surface area contributed by atoms with Crippen LogP contribution in [0.5, 0.6) is 0 Å². The van der Waals surface area contributed by atoms with Gasteiger partial charge in [-0.2, -0.15) is 0 Å². The van der Waals surface area contributed by atoms with E-state index in [4.69, 9.17) is 9.47 Å². The molecule has 2 nitrogen and oxygen atoms in total. The number of ether oxygens (including phenoxy) is 2. The summed E-state index contributed by atoms with van der Waals surface area (Å²) in [7, 11) is 3.91. The SMILES string of the molecule is CCC=C[Si]C(OC)OC. The molecular weight excluding hydrogens is 144 g/mol. The first-order valence-corrected chi connectivity index (χ1v) is 4.47. The summed E-state index contributed by atoms with van der Waals surface area (Å²) in [6, 6.07) is 0. The molecule has 0 rings (SSSR count). The first-order valence-electron chi connectivity index (χ1n) is 3.31. The lowest BCUT2D eigenvalue weighted by Crippen LogP contribution is -2.19. The van der Waals surface area contributed by atoms with Crippen LogP contribution in [0.25, 0.3) is 0 Å². The Balaban J connectivity index is 3.34. The molecule has 0 aromatic heterocycles. The quantitative estimate of drug-likeness (QED) is 0.442. The van der Waals surface area contributed by atoms with Gasteiger partial charge in [0.2, 0.25) is 0 Å². The zero-order valence-corrected chi connectivity index (χ0v) is 7.76. The maximum Gasteiger partial charge on any atom is 0.147 e. The molecular formula is C7H14O2Si. The predicted molar refractivity (Wildman–Crippen MR) is 43.0 cm³/mol. The van der Waals surface area contributed by atoms with Crippen LogP contribution in [0.1, 0.15) is 13.3 Å². The Morgan fingerprint density at radius 1 is 1.40 bits per heavy atom. The van der Waals surface area contributed by atoms with E-state index in [1.807, 2.05) is 0 Å². The third kappa shape index (κ3) is 4.73. The maximum atomic E-state index is 4.98. The van der Waals surface area contributed by atoms with Crippen LogP contribution in [0, 0.1) is 0 Å². The van der Waals surface area contributed by atoms with Gasteiger partial charge >= 0.3 is 0 Å². The van der Waals surface area contributed by atoms with E-state index in [9.17, 15) is 0 Å². The van der Waals surface area contributed by atoms with Crippen LogP contribution in [0.4, 0.5) is 0 Å². The van der Waals surface area contributed by atoms with Gasteiger partial charge in [-0.15, -0.1) is 0 Å². The third-order valence-electron chi connectivity index (χ3n) is 1.01. The third-order valence-corrected chi connectivity index (χ3v) is 2.19. The van der Waals surface area contributed by atoms with E-state index in [0.717, 1.165) is 6.42 Å². The number of hydrogen-bond acceptors (Lipinski definition) is 2. The highest BCUT2D eigenvalue weighted by Crippen LogP contribution is 1.88.